The number of nitrogens with two attached hydrogens (primary N) is 1. The molecule has 0 aliphatic heterocycles. The van der Waals surface area contributed by atoms with Crippen molar-refractivity contribution in [2.24, 2.45) is 10.9 Å². The van der Waals surface area contributed by atoms with Gasteiger partial charge in [-0.05, 0) is 30.3 Å². The van der Waals surface area contributed by atoms with Gasteiger partial charge in [0.05, 0.1) is 11.8 Å². The summed E-state index contributed by atoms with van der Waals surface area (Å²) in [7, 11) is 0. The lowest BCUT2D eigenvalue weighted by Gasteiger charge is -2.07. The van der Waals surface area contributed by atoms with Crippen LogP contribution in [0.25, 0.3) is 0 Å². The van der Waals surface area contributed by atoms with Crippen LogP contribution in [0.1, 0.15) is 5.56 Å². The third-order valence-corrected chi connectivity index (χ3v) is 2.63. The molecule has 0 aliphatic rings. The predicted octanol–water partition coefficient (Wildman–Crippen LogP) is 2.13. The molecule has 92 valence electrons. The molecule has 1 aromatic carbocycles. The number of aromatic nitrogens is 2. The van der Waals surface area contributed by atoms with Crippen LogP contribution in [0.2, 0.25) is 0 Å². The average molecular weight is 309 g/mol. The molecule has 2 rings (SSSR count). The Morgan fingerprint density at radius 1 is 1.28 bits per heavy atom. The zero-order valence-electron chi connectivity index (χ0n) is 9.12. The fourth-order valence-electron chi connectivity index (χ4n) is 1.26. The van der Waals surface area contributed by atoms with Crippen LogP contribution < -0.4 is 10.5 Å². The molecule has 6 nitrogen and oxygen atoms in total. The number of benzene rings is 1. The SMILES string of the molecule is N/C(=N/O)c1ccnnc1Oc1ccc(Br)cc1. The van der Waals surface area contributed by atoms with Crippen LogP contribution in [-0.4, -0.2) is 21.2 Å². The topological polar surface area (TPSA) is 93.6 Å². The van der Waals surface area contributed by atoms with E-state index in [-0.39, 0.29) is 11.7 Å². The van der Waals surface area contributed by atoms with Gasteiger partial charge in [-0.3, -0.25) is 0 Å². The van der Waals surface area contributed by atoms with E-state index >= 15 is 0 Å². The maximum absolute atomic E-state index is 8.67. The van der Waals surface area contributed by atoms with Crippen molar-refractivity contribution < 1.29 is 9.94 Å². The first kappa shape index (κ1) is 12.3. The fourth-order valence-corrected chi connectivity index (χ4v) is 1.52. The molecule has 18 heavy (non-hydrogen) atoms. The van der Waals surface area contributed by atoms with Gasteiger partial charge in [0.2, 0.25) is 5.88 Å². The number of hydrogen-bond donors (Lipinski definition) is 2. The first-order valence-corrected chi connectivity index (χ1v) is 5.73. The van der Waals surface area contributed by atoms with E-state index < -0.39 is 0 Å². The lowest BCUT2D eigenvalue weighted by atomic mass is 10.3. The molecule has 0 radical (unpaired) electrons. The van der Waals surface area contributed by atoms with Crippen molar-refractivity contribution in [2.75, 3.05) is 0 Å². The van der Waals surface area contributed by atoms with Gasteiger partial charge in [-0.15, -0.1) is 5.10 Å². The van der Waals surface area contributed by atoms with E-state index in [2.05, 4.69) is 31.3 Å². The fraction of sp³-hybridized carbons (Fsp3) is 0. The van der Waals surface area contributed by atoms with Crippen molar-refractivity contribution in [3.63, 3.8) is 0 Å². The second-order valence-electron chi connectivity index (χ2n) is 3.29. The standard InChI is InChI=1S/C11H9BrN4O2/c12-7-1-3-8(4-2-7)18-11-9(10(13)16-17)5-6-14-15-11/h1-6,17H,(H2,13,16). The van der Waals surface area contributed by atoms with Gasteiger partial charge >= 0.3 is 0 Å². The summed E-state index contributed by atoms with van der Waals surface area (Å²) in [6, 6.07) is 8.73. The molecule has 0 fully saturated rings. The molecule has 3 N–H and O–H groups in total. The van der Waals surface area contributed by atoms with Crippen molar-refractivity contribution in [1.29, 1.82) is 0 Å². The monoisotopic (exact) mass is 308 g/mol. The first-order chi connectivity index (χ1) is 8.70. The molecule has 0 saturated heterocycles. The molecular formula is C11H9BrN4O2. The van der Waals surface area contributed by atoms with Gasteiger partial charge < -0.3 is 15.7 Å². The van der Waals surface area contributed by atoms with Gasteiger partial charge in [-0.1, -0.05) is 21.1 Å². The van der Waals surface area contributed by atoms with Crippen molar-refractivity contribution >= 4 is 21.8 Å². The zero-order chi connectivity index (χ0) is 13.0. The lowest BCUT2D eigenvalue weighted by molar-refractivity contribution is 0.318. The first-order valence-electron chi connectivity index (χ1n) is 4.93. The minimum atomic E-state index is -0.0861. The van der Waals surface area contributed by atoms with Crippen LogP contribution in [-0.2, 0) is 0 Å². The highest BCUT2D eigenvalue weighted by molar-refractivity contribution is 9.10. The van der Waals surface area contributed by atoms with Crippen LogP contribution >= 0.6 is 15.9 Å². The highest BCUT2D eigenvalue weighted by Gasteiger charge is 2.10. The van der Waals surface area contributed by atoms with Gasteiger partial charge in [0.25, 0.3) is 0 Å². The van der Waals surface area contributed by atoms with E-state index in [9.17, 15) is 0 Å². The molecule has 0 saturated carbocycles. The molecule has 0 unspecified atom stereocenters. The highest BCUT2D eigenvalue weighted by atomic mass is 79.9. The number of hydrogen-bond acceptors (Lipinski definition) is 5. The summed E-state index contributed by atoms with van der Waals surface area (Å²) in [4.78, 5) is 0. The molecule has 0 spiro atoms. The maximum atomic E-state index is 8.67. The van der Waals surface area contributed by atoms with Crippen LogP contribution in [0.5, 0.6) is 11.6 Å². The number of amidine groups is 1. The Morgan fingerprint density at radius 2 is 2.00 bits per heavy atom. The summed E-state index contributed by atoms with van der Waals surface area (Å²) in [5.74, 6) is 0.665. The second-order valence-corrected chi connectivity index (χ2v) is 4.21. The predicted molar refractivity (Wildman–Crippen MR) is 68.8 cm³/mol. The molecule has 0 atom stereocenters. The smallest absolute Gasteiger partial charge is 0.250 e. The lowest BCUT2D eigenvalue weighted by Crippen LogP contribution is -2.15. The number of nitrogens with zero attached hydrogens (tertiary/aromatic N) is 3. The summed E-state index contributed by atoms with van der Waals surface area (Å²) in [6.45, 7) is 0. The Bertz CT molecular complexity index is 572. The minimum absolute atomic E-state index is 0.0861. The summed E-state index contributed by atoms with van der Waals surface area (Å²) >= 11 is 3.32. The van der Waals surface area contributed by atoms with E-state index in [1.165, 1.54) is 6.20 Å². The largest absolute Gasteiger partial charge is 0.437 e. The Morgan fingerprint density at radius 3 is 2.67 bits per heavy atom. The summed E-state index contributed by atoms with van der Waals surface area (Å²) in [5.41, 5.74) is 5.89. The maximum Gasteiger partial charge on any atom is 0.250 e. The van der Waals surface area contributed by atoms with Gasteiger partial charge in [-0.2, -0.15) is 5.10 Å². The van der Waals surface area contributed by atoms with Crippen molar-refractivity contribution in [2.45, 2.75) is 0 Å². The Labute approximate surface area is 111 Å². The van der Waals surface area contributed by atoms with Crippen molar-refractivity contribution in [3.05, 3.63) is 46.6 Å². The minimum Gasteiger partial charge on any atom is -0.437 e. The summed E-state index contributed by atoms with van der Waals surface area (Å²) < 4.78 is 6.46. The molecule has 1 heterocycles. The van der Waals surface area contributed by atoms with E-state index in [0.29, 0.717) is 11.3 Å². The third kappa shape index (κ3) is 2.75. The quantitative estimate of drug-likeness (QED) is 0.392. The molecular weight excluding hydrogens is 300 g/mol. The normalized spacial score (nSPS) is 11.3. The number of rotatable bonds is 3. The van der Waals surface area contributed by atoms with Gasteiger partial charge in [0.1, 0.15) is 5.75 Å². The molecule has 7 heteroatoms. The van der Waals surface area contributed by atoms with Crippen LogP contribution in [0.15, 0.2) is 46.2 Å². The van der Waals surface area contributed by atoms with Crippen molar-refractivity contribution in [1.82, 2.24) is 10.2 Å². The summed E-state index contributed by atoms with van der Waals surface area (Å²) in [6.07, 6.45) is 1.43. The number of oxime groups is 1. The Hall–Kier alpha value is -2.15. The van der Waals surface area contributed by atoms with Crippen LogP contribution in [0.4, 0.5) is 0 Å². The van der Waals surface area contributed by atoms with Gasteiger partial charge in [0.15, 0.2) is 5.84 Å². The molecule has 2 aromatic rings. The highest BCUT2D eigenvalue weighted by Crippen LogP contribution is 2.23. The van der Waals surface area contributed by atoms with E-state index in [0.717, 1.165) is 4.47 Å². The van der Waals surface area contributed by atoms with Crippen LogP contribution in [0.3, 0.4) is 0 Å². The second kappa shape index (κ2) is 5.46. The van der Waals surface area contributed by atoms with Gasteiger partial charge in [-0.25, -0.2) is 0 Å². The Balaban J connectivity index is 2.32. The summed E-state index contributed by atoms with van der Waals surface area (Å²) in [5, 5.41) is 19.1. The van der Waals surface area contributed by atoms with E-state index in [1.807, 2.05) is 12.1 Å². The third-order valence-electron chi connectivity index (χ3n) is 2.10. The number of halogens is 1. The van der Waals surface area contributed by atoms with Crippen LogP contribution in [0, 0.1) is 0 Å². The van der Waals surface area contributed by atoms with E-state index in [4.69, 9.17) is 15.7 Å². The average Bonchev–Trinajstić information content (AvgIpc) is 2.41. The molecule has 0 amide bonds. The van der Waals surface area contributed by atoms with Gasteiger partial charge in [0, 0.05) is 4.47 Å². The molecule has 0 aliphatic carbocycles. The van der Waals surface area contributed by atoms with Crippen molar-refractivity contribution in [3.8, 4) is 11.6 Å². The molecule has 1 aromatic heterocycles. The molecule has 0 bridgehead atoms. The Kier molecular flexibility index (Phi) is 3.73. The zero-order valence-corrected chi connectivity index (χ0v) is 10.7. The number of ether oxygens (including phenoxy) is 1. The van der Waals surface area contributed by atoms with E-state index in [1.54, 1.807) is 18.2 Å².